The third kappa shape index (κ3) is 3.03. The van der Waals surface area contributed by atoms with Crippen LogP contribution in [0, 0.1) is 6.92 Å². The Kier molecular flexibility index (Phi) is 4.93. The minimum atomic E-state index is -1.05. The lowest BCUT2D eigenvalue weighted by Gasteiger charge is -2.19. The highest BCUT2D eigenvalue weighted by molar-refractivity contribution is 6.49. The molecule has 0 fully saturated rings. The highest BCUT2D eigenvalue weighted by Gasteiger charge is 2.28. The van der Waals surface area contributed by atoms with Crippen molar-refractivity contribution in [2.45, 2.75) is 39.2 Å². The largest absolute Gasteiger partial charge is 0.480 e. The van der Waals surface area contributed by atoms with Crippen molar-refractivity contribution in [1.82, 2.24) is 4.98 Å². The van der Waals surface area contributed by atoms with Crippen LogP contribution in [0.2, 0.25) is 0 Å². The number of aliphatic carboxylic acids is 1. The molecule has 1 atom stereocenters. The summed E-state index contributed by atoms with van der Waals surface area (Å²) in [6, 6.07) is -0.978. The van der Waals surface area contributed by atoms with Crippen LogP contribution in [0.1, 0.15) is 47.1 Å². The zero-order chi connectivity index (χ0) is 16.4. The number of carbonyl (C=O) groups excluding carboxylic acids is 1. The van der Waals surface area contributed by atoms with E-state index in [-0.39, 0.29) is 6.42 Å². The Bertz CT molecular complexity index is 648. The number of rotatable bonds is 5. The Morgan fingerprint density at radius 2 is 2.14 bits per heavy atom. The van der Waals surface area contributed by atoms with Gasteiger partial charge < -0.3 is 20.6 Å². The summed E-state index contributed by atoms with van der Waals surface area (Å²) < 4.78 is 5.02. The Morgan fingerprint density at radius 3 is 2.73 bits per heavy atom. The molecule has 1 unspecified atom stereocenters. The molecule has 0 spiro atoms. The Balaban J connectivity index is 2.37. The van der Waals surface area contributed by atoms with Gasteiger partial charge in [0.15, 0.2) is 0 Å². The monoisotopic (exact) mass is 326 g/mol. The first-order valence-electron chi connectivity index (χ1n) is 7.11. The van der Waals surface area contributed by atoms with Crippen LogP contribution in [0.3, 0.4) is 0 Å². The van der Waals surface area contributed by atoms with Crippen molar-refractivity contribution in [3.63, 3.8) is 0 Å². The van der Waals surface area contributed by atoms with E-state index in [1.165, 1.54) is 0 Å². The van der Waals surface area contributed by atoms with E-state index in [1.807, 2.05) is 0 Å². The molecule has 22 heavy (non-hydrogen) atoms. The Hall–Kier alpha value is -1.79. The van der Waals surface area contributed by atoms with Crippen molar-refractivity contribution in [3.05, 3.63) is 28.1 Å². The fourth-order valence-electron chi connectivity index (χ4n) is 2.66. The van der Waals surface area contributed by atoms with Crippen molar-refractivity contribution >= 4 is 28.6 Å². The lowest BCUT2D eigenvalue weighted by Crippen LogP contribution is -2.30. The summed E-state index contributed by atoms with van der Waals surface area (Å²) in [5, 5.41) is 9.41. The minimum Gasteiger partial charge on any atom is -0.480 e. The van der Waals surface area contributed by atoms with Crippen molar-refractivity contribution < 1.29 is 19.4 Å². The highest BCUT2D eigenvalue weighted by atomic mass is 35.5. The molecule has 0 aromatic carbocycles. The van der Waals surface area contributed by atoms with Gasteiger partial charge >= 0.3 is 11.9 Å². The fourth-order valence-corrected chi connectivity index (χ4v) is 3.08. The SMILES string of the molecule is CCOC(=O)c1[nH]c2c(c1C)C(Cl)=C(CC(N)C(=O)O)CC2. The van der Waals surface area contributed by atoms with Gasteiger partial charge in [-0.1, -0.05) is 11.6 Å². The van der Waals surface area contributed by atoms with Crippen molar-refractivity contribution in [1.29, 1.82) is 0 Å². The molecular formula is C15H19ClN2O4. The maximum Gasteiger partial charge on any atom is 0.355 e. The minimum absolute atomic E-state index is 0.201. The van der Waals surface area contributed by atoms with Crippen LogP contribution in [-0.4, -0.2) is 34.7 Å². The third-order valence-electron chi connectivity index (χ3n) is 3.80. The number of carboxylic acids is 1. The number of aromatic nitrogens is 1. The quantitative estimate of drug-likeness (QED) is 0.719. The number of ether oxygens (including phenoxy) is 1. The maximum atomic E-state index is 11.9. The second-order valence-corrected chi connectivity index (χ2v) is 5.64. The molecule has 0 radical (unpaired) electrons. The number of fused-ring (bicyclic) bond motifs is 1. The van der Waals surface area contributed by atoms with Crippen molar-refractivity contribution in [2.24, 2.45) is 5.73 Å². The summed E-state index contributed by atoms with van der Waals surface area (Å²) in [6.07, 6.45) is 1.48. The summed E-state index contributed by atoms with van der Waals surface area (Å²) in [7, 11) is 0. The number of nitrogens with two attached hydrogens (primary N) is 1. The van der Waals surface area contributed by atoms with E-state index in [9.17, 15) is 9.59 Å². The molecule has 1 aromatic rings. The molecular weight excluding hydrogens is 308 g/mol. The van der Waals surface area contributed by atoms with E-state index in [0.717, 1.165) is 22.4 Å². The first-order valence-corrected chi connectivity index (χ1v) is 7.49. The number of carboxylic acid groups (broad SMARTS) is 1. The van der Waals surface area contributed by atoms with Crippen LogP contribution in [0.15, 0.2) is 5.57 Å². The van der Waals surface area contributed by atoms with E-state index in [4.69, 9.17) is 27.2 Å². The van der Waals surface area contributed by atoms with Crippen LogP contribution in [-0.2, 0) is 16.0 Å². The van der Waals surface area contributed by atoms with Crippen LogP contribution in [0.5, 0.6) is 0 Å². The maximum absolute atomic E-state index is 11.9. The lowest BCUT2D eigenvalue weighted by molar-refractivity contribution is -0.138. The first-order chi connectivity index (χ1) is 10.4. The van der Waals surface area contributed by atoms with Gasteiger partial charge in [0.1, 0.15) is 11.7 Å². The van der Waals surface area contributed by atoms with Gasteiger partial charge in [-0.05, 0) is 44.2 Å². The van der Waals surface area contributed by atoms with Crippen LogP contribution in [0.25, 0.3) is 5.03 Å². The summed E-state index contributed by atoms with van der Waals surface area (Å²) in [6.45, 7) is 3.84. The summed E-state index contributed by atoms with van der Waals surface area (Å²) in [5.41, 5.74) is 9.15. The van der Waals surface area contributed by atoms with Gasteiger partial charge in [0.2, 0.25) is 0 Å². The standard InChI is InChI=1S/C15H19ClN2O4/c1-3-22-15(21)13-7(2)11-10(18-13)5-4-8(12(11)16)6-9(17)14(19)20/h9,18H,3-6,17H2,1-2H3,(H,19,20). The van der Waals surface area contributed by atoms with Gasteiger partial charge in [0.25, 0.3) is 0 Å². The molecule has 0 saturated heterocycles. The fraction of sp³-hybridized carbons (Fsp3) is 0.467. The van der Waals surface area contributed by atoms with Crippen molar-refractivity contribution in [3.8, 4) is 0 Å². The summed E-state index contributed by atoms with van der Waals surface area (Å²) in [5.74, 6) is -1.47. The molecule has 6 nitrogen and oxygen atoms in total. The first kappa shape index (κ1) is 16.6. The Labute approximate surface area is 133 Å². The number of H-pyrrole nitrogens is 1. The summed E-state index contributed by atoms with van der Waals surface area (Å²) >= 11 is 6.42. The zero-order valence-corrected chi connectivity index (χ0v) is 13.3. The average Bonchev–Trinajstić information content (AvgIpc) is 2.80. The number of nitrogens with one attached hydrogen (secondary N) is 1. The molecule has 0 bridgehead atoms. The lowest BCUT2D eigenvalue weighted by atomic mass is 9.91. The number of aryl methyl sites for hydroxylation is 1. The number of carbonyl (C=O) groups is 2. The topological polar surface area (TPSA) is 105 Å². The summed E-state index contributed by atoms with van der Waals surface area (Å²) in [4.78, 5) is 25.9. The van der Waals surface area contributed by atoms with Gasteiger partial charge in [0.05, 0.1) is 6.61 Å². The smallest absolute Gasteiger partial charge is 0.355 e. The van der Waals surface area contributed by atoms with Gasteiger partial charge in [-0.15, -0.1) is 0 Å². The number of aromatic amines is 1. The van der Waals surface area contributed by atoms with Crippen molar-refractivity contribution in [2.75, 3.05) is 6.61 Å². The van der Waals surface area contributed by atoms with Gasteiger partial charge in [-0.25, -0.2) is 4.79 Å². The molecule has 0 saturated carbocycles. The molecule has 1 aromatic heterocycles. The van der Waals surface area contributed by atoms with E-state index < -0.39 is 18.0 Å². The van der Waals surface area contributed by atoms with E-state index >= 15 is 0 Å². The molecule has 0 aliphatic heterocycles. The molecule has 1 aliphatic carbocycles. The average molecular weight is 327 g/mol. The molecule has 4 N–H and O–H groups in total. The molecule has 0 amide bonds. The highest BCUT2D eigenvalue weighted by Crippen LogP contribution is 2.39. The number of hydrogen-bond acceptors (Lipinski definition) is 4. The predicted molar refractivity (Wildman–Crippen MR) is 82.8 cm³/mol. The van der Waals surface area contributed by atoms with Gasteiger partial charge in [-0.2, -0.15) is 0 Å². The number of hydrogen-bond donors (Lipinski definition) is 3. The van der Waals surface area contributed by atoms with Gasteiger partial charge in [0, 0.05) is 16.3 Å². The van der Waals surface area contributed by atoms with Crippen LogP contribution < -0.4 is 5.73 Å². The second kappa shape index (κ2) is 6.54. The van der Waals surface area contributed by atoms with E-state index in [0.29, 0.717) is 30.2 Å². The van der Waals surface area contributed by atoms with Crippen LogP contribution in [0.4, 0.5) is 0 Å². The third-order valence-corrected chi connectivity index (χ3v) is 4.25. The molecule has 120 valence electrons. The van der Waals surface area contributed by atoms with E-state index in [2.05, 4.69) is 4.98 Å². The molecule has 2 rings (SSSR count). The normalized spacial score (nSPS) is 15.5. The number of halogens is 1. The second-order valence-electron chi connectivity index (χ2n) is 5.27. The molecule has 7 heteroatoms. The predicted octanol–water partition coefficient (Wildman–Crippen LogP) is 2.20. The zero-order valence-electron chi connectivity index (χ0n) is 12.5. The van der Waals surface area contributed by atoms with E-state index in [1.54, 1.807) is 13.8 Å². The van der Waals surface area contributed by atoms with Gasteiger partial charge in [-0.3, -0.25) is 4.79 Å². The molecule has 1 aliphatic rings. The van der Waals surface area contributed by atoms with Crippen LogP contribution >= 0.6 is 11.6 Å². The molecule has 1 heterocycles. The Morgan fingerprint density at radius 1 is 1.45 bits per heavy atom. The number of esters is 1.